The molecule has 4 nitrogen and oxygen atoms in total. The Labute approximate surface area is 105 Å². The molecule has 2 heterocycles. The molecule has 0 aliphatic carbocycles. The second-order valence-electron chi connectivity index (χ2n) is 4.19. The van der Waals surface area contributed by atoms with E-state index in [-0.39, 0.29) is 0 Å². The zero-order valence-electron chi connectivity index (χ0n) is 9.95. The van der Waals surface area contributed by atoms with Crippen molar-refractivity contribution in [1.29, 1.82) is 0 Å². The number of hydrogen-bond acceptors (Lipinski definition) is 3. The summed E-state index contributed by atoms with van der Waals surface area (Å²) in [5.74, 6) is 0.928. The van der Waals surface area contributed by atoms with Crippen LogP contribution in [0.5, 0.6) is 0 Å². The summed E-state index contributed by atoms with van der Waals surface area (Å²) in [7, 11) is 0. The van der Waals surface area contributed by atoms with Crippen molar-refractivity contribution in [2.45, 2.75) is 13.0 Å². The lowest BCUT2D eigenvalue weighted by Crippen LogP contribution is -2.06. The molecule has 0 saturated carbocycles. The van der Waals surface area contributed by atoms with Crippen LogP contribution in [0.4, 0.5) is 0 Å². The standard InChI is InChI=1S/C14H14N4/c15-10-12-7-4-8-13-16-17-14(18(12)13)9-11-5-2-1-3-6-11/h1-8H,9-10,15H2. The third kappa shape index (κ3) is 1.87. The third-order valence-corrected chi connectivity index (χ3v) is 2.99. The molecule has 0 fully saturated rings. The number of pyridine rings is 1. The Morgan fingerprint density at radius 1 is 0.944 bits per heavy atom. The Kier molecular flexibility index (Phi) is 2.78. The Bertz CT molecular complexity index is 658. The summed E-state index contributed by atoms with van der Waals surface area (Å²) in [6, 6.07) is 16.2. The summed E-state index contributed by atoms with van der Waals surface area (Å²) in [4.78, 5) is 0. The van der Waals surface area contributed by atoms with Gasteiger partial charge in [0.15, 0.2) is 5.65 Å². The molecule has 0 amide bonds. The van der Waals surface area contributed by atoms with Crippen molar-refractivity contribution in [3.8, 4) is 0 Å². The summed E-state index contributed by atoms with van der Waals surface area (Å²) in [6.07, 6.45) is 0.763. The van der Waals surface area contributed by atoms with Gasteiger partial charge in [-0.15, -0.1) is 10.2 Å². The Morgan fingerprint density at radius 2 is 1.78 bits per heavy atom. The molecule has 2 aromatic heterocycles. The summed E-state index contributed by atoms with van der Waals surface area (Å²) in [5, 5.41) is 8.44. The fourth-order valence-corrected chi connectivity index (χ4v) is 2.12. The van der Waals surface area contributed by atoms with Gasteiger partial charge in [0.1, 0.15) is 5.82 Å². The third-order valence-electron chi connectivity index (χ3n) is 2.99. The van der Waals surface area contributed by atoms with E-state index in [1.807, 2.05) is 40.8 Å². The highest BCUT2D eigenvalue weighted by Gasteiger charge is 2.08. The van der Waals surface area contributed by atoms with Crippen molar-refractivity contribution in [2.75, 3.05) is 0 Å². The number of aromatic nitrogens is 3. The number of fused-ring (bicyclic) bond motifs is 1. The zero-order chi connectivity index (χ0) is 12.4. The van der Waals surface area contributed by atoms with Crippen molar-refractivity contribution < 1.29 is 0 Å². The molecule has 2 N–H and O–H groups in total. The lowest BCUT2D eigenvalue weighted by atomic mass is 10.1. The highest BCUT2D eigenvalue weighted by molar-refractivity contribution is 5.40. The normalized spacial score (nSPS) is 10.9. The van der Waals surface area contributed by atoms with E-state index in [1.54, 1.807) is 0 Å². The van der Waals surface area contributed by atoms with Crippen LogP contribution >= 0.6 is 0 Å². The van der Waals surface area contributed by atoms with Crippen molar-refractivity contribution in [3.63, 3.8) is 0 Å². The highest BCUT2D eigenvalue weighted by Crippen LogP contribution is 2.12. The van der Waals surface area contributed by atoms with Crippen LogP contribution in [0.3, 0.4) is 0 Å². The van der Waals surface area contributed by atoms with E-state index in [0.717, 1.165) is 23.6 Å². The van der Waals surface area contributed by atoms with Crippen LogP contribution in [-0.2, 0) is 13.0 Å². The average Bonchev–Trinajstić information content (AvgIpc) is 2.83. The van der Waals surface area contributed by atoms with Crippen LogP contribution in [0.1, 0.15) is 17.1 Å². The maximum Gasteiger partial charge on any atom is 0.161 e. The van der Waals surface area contributed by atoms with E-state index in [4.69, 9.17) is 5.73 Å². The topological polar surface area (TPSA) is 56.2 Å². The molecule has 18 heavy (non-hydrogen) atoms. The number of hydrogen-bond donors (Lipinski definition) is 1. The molecule has 0 saturated heterocycles. The molecule has 0 bridgehead atoms. The summed E-state index contributed by atoms with van der Waals surface area (Å²) < 4.78 is 2.03. The number of nitrogens with zero attached hydrogens (tertiary/aromatic N) is 3. The predicted molar refractivity (Wildman–Crippen MR) is 70.1 cm³/mol. The molecular formula is C14H14N4. The Morgan fingerprint density at radius 3 is 2.56 bits per heavy atom. The molecule has 0 spiro atoms. The van der Waals surface area contributed by atoms with Gasteiger partial charge in [-0.3, -0.25) is 4.40 Å². The van der Waals surface area contributed by atoms with Crippen molar-refractivity contribution in [1.82, 2.24) is 14.6 Å². The van der Waals surface area contributed by atoms with E-state index in [2.05, 4.69) is 22.3 Å². The van der Waals surface area contributed by atoms with Crippen molar-refractivity contribution in [3.05, 3.63) is 65.6 Å². The first kappa shape index (κ1) is 10.9. The van der Waals surface area contributed by atoms with Crippen molar-refractivity contribution >= 4 is 5.65 Å². The van der Waals surface area contributed by atoms with Crippen LogP contribution in [0.2, 0.25) is 0 Å². The number of rotatable bonds is 3. The quantitative estimate of drug-likeness (QED) is 0.756. The molecule has 90 valence electrons. The summed E-state index contributed by atoms with van der Waals surface area (Å²) in [6.45, 7) is 0.483. The fourth-order valence-electron chi connectivity index (χ4n) is 2.12. The van der Waals surface area contributed by atoms with Crippen LogP contribution in [-0.4, -0.2) is 14.6 Å². The molecule has 0 unspecified atom stereocenters. The van der Waals surface area contributed by atoms with Gasteiger partial charge in [0.2, 0.25) is 0 Å². The van der Waals surface area contributed by atoms with Gasteiger partial charge in [-0.1, -0.05) is 36.4 Å². The predicted octanol–water partition coefficient (Wildman–Crippen LogP) is 1.78. The minimum Gasteiger partial charge on any atom is -0.325 e. The van der Waals surface area contributed by atoms with E-state index < -0.39 is 0 Å². The molecule has 0 aliphatic heterocycles. The molecule has 3 aromatic rings. The largest absolute Gasteiger partial charge is 0.325 e. The maximum atomic E-state index is 5.76. The average molecular weight is 238 g/mol. The monoisotopic (exact) mass is 238 g/mol. The molecular weight excluding hydrogens is 224 g/mol. The Balaban J connectivity index is 2.07. The van der Waals surface area contributed by atoms with Gasteiger partial charge in [0, 0.05) is 18.7 Å². The first-order chi connectivity index (χ1) is 8.88. The maximum absolute atomic E-state index is 5.76. The minimum atomic E-state index is 0.483. The van der Waals surface area contributed by atoms with Gasteiger partial charge in [0.25, 0.3) is 0 Å². The van der Waals surface area contributed by atoms with Gasteiger partial charge in [-0.25, -0.2) is 0 Å². The number of benzene rings is 1. The lowest BCUT2D eigenvalue weighted by Gasteiger charge is -2.05. The molecule has 0 radical (unpaired) electrons. The first-order valence-electron chi connectivity index (χ1n) is 5.94. The number of nitrogens with two attached hydrogens (primary N) is 1. The van der Waals surface area contributed by atoms with Crippen LogP contribution in [0.15, 0.2) is 48.5 Å². The van der Waals surface area contributed by atoms with E-state index in [0.29, 0.717) is 6.54 Å². The summed E-state index contributed by atoms with van der Waals surface area (Å²) >= 11 is 0. The molecule has 0 atom stereocenters. The van der Waals surface area contributed by atoms with Gasteiger partial charge >= 0.3 is 0 Å². The van der Waals surface area contributed by atoms with Crippen LogP contribution in [0.25, 0.3) is 5.65 Å². The highest BCUT2D eigenvalue weighted by atomic mass is 15.2. The Hall–Kier alpha value is -2.20. The van der Waals surface area contributed by atoms with E-state index in [1.165, 1.54) is 5.56 Å². The lowest BCUT2D eigenvalue weighted by molar-refractivity contribution is 0.871. The molecule has 1 aromatic carbocycles. The van der Waals surface area contributed by atoms with Gasteiger partial charge in [-0.05, 0) is 17.7 Å². The van der Waals surface area contributed by atoms with Gasteiger partial charge < -0.3 is 5.73 Å². The minimum absolute atomic E-state index is 0.483. The van der Waals surface area contributed by atoms with Crippen LogP contribution in [0, 0.1) is 0 Å². The SMILES string of the molecule is NCc1cccc2nnc(Cc3ccccc3)n12. The smallest absolute Gasteiger partial charge is 0.161 e. The van der Waals surface area contributed by atoms with E-state index in [9.17, 15) is 0 Å². The fraction of sp³-hybridized carbons (Fsp3) is 0.143. The second-order valence-corrected chi connectivity index (χ2v) is 4.19. The zero-order valence-corrected chi connectivity index (χ0v) is 9.95. The first-order valence-corrected chi connectivity index (χ1v) is 5.94. The van der Waals surface area contributed by atoms with Crippen molar-refractivity contribution in [2.24, 2.45) is 5.73 Å². The molecule has 3 rings (SSSR count). The van der Waals surface area contributed by atoms with E-state index >= 15 is 0 Å². The molecule has 4 heteroatoms. The van der Waals surface area contributed by atoms with Crippen LogP contribution < -0.4 is 5.73 Å². The molecule has 0 aliphatic rings. The second kappa shape index (κ2) is 4.58. The summed E-state index contributed by atoms with van der Waals surface area (Å²) in [5.41, 5.74) is 8.86. The van der Waals surface area contributed by atoms with Gasteiger partial charge in [0.05, 0.1) is 0 Å². The van der Waals surface area contributed by atoms with Gasteiger partial charge in [-0.2, -0.15) is 0 Å².